The van der Waals surface area contributed by atoms with E-state index in [4.69, 9.17) is 33.6 Å². The summed E-state index contributed by atoms with van der Waals surface area (Å²) in [6.45, 7) is 0. The van der Waals surface area contributed by atoms with Crippen molar-refractivity contribution in [2.75, 3.05) is 0 Å². The van der Waals surface area contributed by atoms with E-state index in [9.17, 15) is 15.0 Å². The van der Waals surface area contributed by atoms with Gasteiger partial charge in [-0.3, -0.25) is 37.1 Å². The van der Waals surface area contributed by atoms with Crippen LogP contribution in [0.4, 0.5) is 0 Å². The molecule has 13 N–H and O–H groups in total. The third kappa shape index (κ3) is 3.91. The number of aromatic amines is 1. The van der Waals surface area contributed by atoms with Gasteiger partial charge in [-0.2, -0.15) is 0 Å². The molecule has 18 heteroatoms. The number of H-pyrrole nitrogens is 1. The number of nitrogens with zero attached hydrogens (tertiary/aromatic N) is 3. The number of aliphatic hydroxyl groups is 2. The van der Waals surface area contributed by atoms with E-state index in [-0.39, 0.29) is 67.9 Å². The molecule has 0 aliphatic carbocycles. The third-order valence-corrected chi connectivity index (χ3v) is 4.04. The summed E-state index contributed by atoms with van der Waals surface area (Å²) in [5.41, 5.74) is 17.0. The predicted molar refractivity (Wildman–Crippen MR) is 76.7 cm³/mol. The number of hydrogen-bond donors (Lipinski definition) is 8. The first-order valence-electron chi connectivity index (χ1n) is 6.58. The molecular formula is C10H17Cl3N9O5Ru. The largest absolute Gasteiger partial charge is 3.00 e. The first kappa shape index (κ1) is 29.7. The Kier molecular flexibility index (Phi) is 10.1. The number of imidazole rings is 1. The van der Waals surface area contributed by atoms with Crippen LogP contribution in [0.25, 0.3) is 11.2 Å². The van der Waals surface area contributed by atoms with Gasteiger partial charge in [0.25, 0.3) is 5.56 Å². The number of ether oxygens (including phenoxy) is 1. The summed E-state index contributed by atoms with van der Waals surface area (Å²) in [6.07, 6.45) is -1.03. The van der Waals surface area contributed by atoms with Gasteiger partial charge >= 0.3 is 19.5 Å². The van der Waals surface area contributed by atoms with E-state index in [0.29, 0.717) is 0 Å². The summed E-state index contributed by atoms with van der Waals surface area (Å²) in [5.74, 6) is 2.51. The molecule has 28 heavy (non-hydrogen) atoms. The number of hydrogen-bond acceptors (Lipinski definition) is 12. The van der Waals surface area contributed by atoms with Crippen molar-refractivity contribution < 1.29 is 76.5 Å². The number of aromatic nitrogens is 4. The van der Waals surface area contributed by atoms with E-state index >= 15 is 0 Å². The molecule has 1 radical (unpaired) electrons. The van der Waals surface area contributed by atoms with Crippen LogP contribution in [0.2, 0.25) is 0 Å². The zero-order chi connectivity index (χ0) is 17.9. The summed E-state index contributed by atoms with van der Waals surface area (Å²) < 4.78 is 6.53. The average Bonchev–Trinajstić information content (AvgIpc) is 3.03. The van der Waals surface area contributed by atoms with Crippen LogP contribution < -0.4 is 71.6 Å². The molecule has 0 amide bonds. The number of halogens is 3. The van der Waals surface area contributed by atoms with E-state index in [0.717, 1.165) is 17.2 Å². The van der Waals surface area contributed by atoms with Crippen molar-refractivity contribution in [1.29, 1.82) is 0 Å². The standard InChI is InChI=1S/C10H17N9O5.3ClH.Ru/c11-8(22)4(20)7(23-9(8,12)10(13,14)24-15)19-2-18-3-5(19)16-1-17-6(3)21;;;;/h1-2,4,7,20,22H,11-15H2,(H,16,17,21);3*1H;/q;;;;+3/p-3/t4-,7+,8-,9-;;;;/m0..../s1. The maximum absolute atomic E-state index is 11.7. The van der Waals surface area contributed by atoms with Crippen LogP contribution in [0, 0.1) is 0 Å². The minimum Gasteiger partial charge on any atom is -1.00 e. The number of aliphatic hydroxyl groups excluding tert-OH is 1. The van der Waals surface area contributed by atoms with E-state index in [1.54, 1.807) is 0 Å². The van der Waals surface area contributed by atoms with E-state index < -0.39 is 35.2 Å². The Morgan fingerprint density at radius 3 is 2.39 bits per heavy atom. The van der Waals surface area contributed by atoms with Gasteiger partial charge in [-0.1, -0.05) is 0 Å². The topological polar surface area (TPSA) is 253 Å². The van der Waals surface area contributed by atoms with Crippen molar-refractivity contribution in [1.82, 2.24) is 19.5 Å². The van der Waals surface area contributed by atoms with Gasteiger partial charge in [-0.15, -0.1) is 0 Å². The second kappa shape index (κ2) is 9.53. The molecule has 1 fully saturated rings. The summed E-state index contributed by atoms with van der Waals surface area (Å²) in [7, 11) is 0. The summed E-state index contributed by atoms with van der Waals surface area (Å²) in [5, 5.41) is 20.8. The number of nitrogens with one attached hydrogen (secondary N) is 1. The fraction of sp³-hybridized carbons (Fsp3) is 0.500. The van der Waals surface area contributed by atoms with Crippen LogP contribution in [-0.2, 0) is 29.1 Å². The van der Waals surface area contributed by atoms with Crippen LogP contribution in [0.1, 0.15) is 6.23 Å². The zero-order valence-corrected chi connectivity index (χ0v) is 17.7. The molecule has 0 saturated carbocycles. The van der Waals surface area contributed by atoms with Crippen LogP contribution in [-0.4, -0.2) is 53.1 Å². The van der Waals surface area contributed by atoms with Crippen LogP contribution in [0.5, 0.6) is 0 Å². The molecule has 0 unspecified atom stereocenters. The van der Waals surface area contributed by atoms with Crippen molar-refractivity contribution in [2.24, 2.45) is 28.8 Å². The summed E-state index contributed by atoms with van der Waals surface area (Å²) in [6, 6.07) is 0. The van der Waals surface area contributed by atoms with Crippen molar-refractivity contribution in [2.45, 2.75) is 29.6 Å². The van der Waals surface area contributed by atoms with E-state index in [2.05, 4.69) is 19.8 Å². The van der Waals surface area contributed by atoms with Gasteiger partial charge in [0.2, 0.25) is 11.6 Å². The number of rotatable bonds is 3. The molecule has 2 aromatic heterocycles. The van der Waals surface area contributed by atoms with E-state index in [1.165, 1.54) is 0 Å². The molecule has 4 atom stereocenters. The maximum Gasteiger partial charge on any atom is 3.00 e. The Balaban J connectivity index is 0. The van der Waals surface area contributed by atoms with Gasteiger partial charge in [-0.25, -0.2) is 15.9 Å². The molecular weight excluding hydrogens is 534 g/mol. The molecule has 1 aliphatic rings. The molecule has 3 heterocycles. The molecule has 3 rings (SSSR count). The van der Waals surface area contributed by atoms with Crippen LogP contribution in [0.3, 0.4) is 0 Å². The normalized spacial score (nSPS) is 29.2. The Morgan fingerprint density at radius 1 is 1.29 bits per heavy atom. The first-order valence-corrected chi connectivity index (χ1v) is 6.58. The zero-order valence-electron chi connectivity index (χ0n) is 13.6. The van der Waals surface area contributed by atoms with Crippen molar-refractivity contribution >= 4 is 11.2 Å². The minimum atomic E-state index is -2.67. The molecule has 0 bridgehead atoms. The predicted octanol–water partition coefficient (Wildman–Crippen LogP) is -14.2. The summed E-state index contributed by atoms with van der Waals surface area (Å²) >= 11 is 0. The third-order valence-electron chi connectivity index (χ3n) is 4.04. The Labute approximate surface area is 188 Å². The van der Waals surface area contributed by atoms with Crippen molar-refractivity contribution in [3.8, 4) is 0 Å². The Hall–Kier alpha value is -0.517. The van der Waals surface area contributed by atoms with Gasteiger partial charge in [0.15, 0.2) is 23.1 Å². The van der Waals surface area contributed by atoms with Gasteiger partial charge in [0.05, 0.1) is 12.7 Å². The van der Waals surface area contributed by atoms with E-state index in [1.807, 2.05) is 0 Å². The molecule has 14 nitrogen and oxygen atoms in total. The quantitative estimate of drug-likeness (QED) is 0.101. The fourth-order valence-corrected chi connectivity index (χ4v) is 2.54. The van der Waals surface area contributed by atoms with Crippen molar-refractivity contribution in [3.05, 3.63) is 23.0 Å². The number of nitrogens with two attached hydrogens (primary N) is 5. The monoisotopic (exact) mass is 550 g/mol. The van der Waals surface area contributed by atoms with Crippen LogP contribution >= 0.6 is 0 Å². The number of fused-ring (bicyclic) bond motifs is 1. The second-order valence-electron chi connectivity index (χ2n) is 5.48. The first-order chi connectivity index (χ1) is 11.1. The SMILES string of the molecule is NOC(N)(N)[C@@]1(N)O[C@@H](n2cnc3c(=O)[nH]cnc32)[C@H](O)[C@]1(N)O.[Cl-].[Cl-].[Cl-].[Ru+3]. The van der Waals surface area contributed by atoms with Crippen LogP contribution in [0.15, 0.2) is 17.4 Å². The molecule has 1 aliphatic heterocycles. The second-order valence-corrected chi connectivity index (χ2v) is 5.48. The average molecular weight is 551 g/mol. The Morgan fingerprint density at radius 2 is 1.86 bits per heavy atom. The smallest absolute Gasteiger partial charge is 1.00 e. The molecule has 2 aromatic rings. The van der Waals surface area contributed by atoms with Crippen molar-refractivity contribution in [3.63, 3.8) is 0 Å². The molecule has 1 saturated heterocycles. The van der Waals surface area contributed by atoms with Gasteiger partial charge < -0.3 is 57.2 Å². The summed E-state index contributed by atoms with van der Waals surface area (Å²) in [4.78, 5) is 26.2. The van der Waals surface area contributed by atoms with Gasteiger partial charge in [0.1, 0.15) is 6.10 Å². The van der Waals surface area contributed by atoms with Gasteiger partial charge in [0, 0.05) is 0 Å². The minimum absolute atomic E-state index is 0. The Bertz CT molecular complexity index is 851. The molecule has 0 aromatic carbocycles. The molecule has 0 spiro atoms. The molecule has 161 valence electrons. The van der Waals surface area contributed by atoms with Gasteiger partial charge in [-0.05, 0) is 0 Å². The maximum atomic E-state index is 11.7. The fourth-order valence-electron chi connectivity index (χ4n) is 2.54.